The number of carbonyl (C=O) groups is 1. The number of quaternary nitrogens is 1. The molecule has 0 radical (unpaired) electrons. The molecule has 0 saturated carbocycles. The predicted octanol–water partition coefficient (Wildman–Crippen LogP) is 15.3. The number of nitrogens with zero attached hydrogens (tertiary/aromatic N) is 1. The second-order valence-electron chi connectivity index (χ2n) is 18.5. The van der Waals surface area contributed by atoms with Gasteiger partial charge in [0.15, 0.2) is 0 Å². The molecule has 9 heteroatoms. The maximum absolute atomic E-state index is 12.9. The lowest BCUT2D eigenvalue weighted by Crippen LogP contribution is -2.45. The maximum Gasteiger partial charge on any atom is 0.268 e. The summed E-state index contributed by atoms with van der Waals surface area (Å²) in [6.07, 6.45) is 73.8. The van der Waals surface area contributed by atoms with Gasteiger partial charge in [0.05, 0.1) is 39.9 Å². The van der Waals surface area contributed by atoms with Crippen LogP contribution in [0.4, 0.5) is 0 Å². The molecule has 0 bridgehead atoms. The summed E-state index contributed by atoms with van der Waals surface area (Å²) in [4.78, 5) is 25.4. The van der Waals surface area contributed by atoms with E-state index in [1.54, 1.807) is 6.08 Å². The Morgan fingerprint density at radius 1 is 0.529 bits per heavy atom. The summed E-state index contributed by atoms with van der Waals surface area (Å²) in [6.45, 7) is 4.46. The first-order valence-electron chi connectivity index (χ1n) is 26.5. The number of amides is 1. The van der Waals surface area contributed by atoms with Gasteiger partial charge in [0, 0.05) is 6.42 Å². The van der Waals surface area contributed by atoms with Gasteiger partial charge < -0.3 is 28.8 Å². The van der Waals surface area contributed by atoms with Crippen LogP contribution in [0.15, 0.2) is 134 Å². The molecule has 0 aliphatic heterocycles. The van der Waals surface area contributed by atoms with Gasteiger partial charge >= 0.3 is 0 Å². The summed E-state index contributed by atoms with van der Waals surface area (Å²) >= 11 is 0. The number of allylic oxidation sites excluding steroid dienone is 21. The number of hydrogen-bond donors (Lipinski definition) is 2. The highest BCUT2D eigenvalue weighted by Crippen LogP contribution is 2.38. The third kappa shape index (κ3) is 50.5. The number of carbonyl (C=O) groups excluding carboxylic acids is 1. The van der Waals surface area contributed by atoms with E-state index in [1.807, 2.05) is 27.2 Å². The van der Waals surface area contributed by atoms with Crippen LogP contribution in [0, 0.1) is 0 Å². The highest BCUT2D eigenvalue weighted by atomic mass is 31.2. The molecule has 0 spiro atoms. The van der Waals surface area contributed by atoms with Gasteiger partial charge in [-0.15, -0.1) is 0 Å². The third-order valence-corrected chi connectivity index (χ3v) is 11.8. The molecule has 0 aromatic rings. The molecule has 68 heavy (non-hydrogen) atoms. The van der Waals surface area contributed by atoms with Crippen molar-refractivity contribution in [3.05, 3.63) is 134 Å². The molecule has 3 atom stereocenters. The number of likely N-dealkylation sites (N-methyl/N-ethyl adjacent to an activating group) is 1. The number of nitrogens with one attached hydrogen (secondary N) is 1. The van der Waals surface area contributed by atoms with Crippen molar-refractivity contribution in [2.45, 2.75) is 193 Å². The highest BCUT2D eigenvalue weighted by Gasteiger charge is 2.23. The molecule has 0 saturated heterocycles. The quantitative estimate of drug-likeness (QED) is 0.0272. The van der Waals surface area contributed by atoms with Gasteiger partial charge in [-0.3, -0.25) is 9.36 Å². The van der Waals surface area contributed by atoms with E-state index in [4.69, 9.17) is 9.05 Å². The molecule has 0 aliphatic rings. The van der Waals surface area contributed by atoms with E-state index in [2.05, 4.69) is 141 Å². The molecule has 0 rings (SSSR count). The number of phosphoric ester groups is 1. The Bertz CT molecular complexity index is 1560. The Morgan fingerprint density at radius 2 is 0.897 bits per heavy atom. The van der Waals surface area contributed by atoms with Crippen LogP contribution in [0.2, 0.25) is 0 Å². The van der Waals surface area contributed by atoms with E-state index in [9.17, 15) is 19.4 Å². The highest BCUT2D eigenvalue weighted by molar-refractivity contribution is 7.45. The van der Waals surface area contributed by atoms with Crippen molar-refractivity contribution in [3.63, 3.8) is 0 Å². The first kappa shape index (κ1) is 64.6. The Hall–Kier alpha value is -3.36. The second-order valence-corrected chi connectivity index (χ2v) is 19.9. The monoisotopic (exact) mass is 963 g/mol. The van der Waals surface area contributed by atoms with Crippen LogP contribution in [-0.4, -0.2) is 68.5 Å². The first-order chi connectivity index (χ1) is 33.0. The van der Waals surface area contributed by atoms with Gasteiger partial charge in [-0.25, -0.2) is 0 Å². The van der Waals surface area contributed by atoms with Crippen LogP contribution in [0.3, 0.4) is 0 Å². The molecule has 386 valence electrons. The second kappa shape index (κ2) is 48.7. The third-order valence-electron chi connectivity index (χ3n) is 10.9. The molecular formula is C59H99N2O6P. The minimum absolute atomic E-state index is 0.0173. The molecule has 0 aliphatic carbocycles. The normalized spacial score (nSPS) is 15.1. The largest absolute Gasteiger partial charge is 0.756 e. The zero-order chi connectivity index (χ0) is 49.9. The Kier molecular flexibility index (Phi) is 46.3. The molecule has 2 N–H and O–H groups in total. The average Bonchev–Trinajstić information content (AvgIpc) is 3.30. The Morgan fingerprint density at radius 3 is 1.31 bits per heavy atom. The lowest BCUT2D eigenvalue weighted by Gasteiger charge is -2.29. The van der Waals surface area contributed by atoms with Crippen molar-refractivity contribution in [1.82, 2.24) is 5.32 Å². The predicted molar refractivity (Wildman–Crippen MR) is 292 cm³/mol. The first-order valence-corrected chi connectivity index (χ1v) is 28.0. The fourth-order valence-electron chi connectivity index (χ4n) is 6.71. The number of aliphatic hydroxyl groups is 1. The average molecular weight is 963 g/mol. The van der Waals surface area contributed by atoms with Crippen molar-refractivity contribution >= 4 is 13.7 Å². The van der Waals surface area contributed by atoms with E-state index < -0.39 is 26.6 Å². The van der Waals surface area contributed by atoms with Gasteiger partial charge in [-0.1, -0.05) is 212 Å². The van der Waals surface area contributed by atoms with Gasteiger partial charge in [0.2, 0.25) is 5.91 Å². The zero-order valence-electron chi connectivity index (χ0n) is 43.7. The smallest absolute Gasteiger partial charge is 0.268 e. The van der Waals surface area contributed by atoms with Crippen molar-refractivity contribution in [2.24, 2.45) is 0 Å². The molecular weight excluding hydrogens is 864 g/mol. The number of hydrogen-bond acceptors (Lipinski definition) is 6. The van der Waals surface area contributed by atoms with Crippen molar-refractivity contribution in [3.8, 4) is 0 Å². The van der Waals surface area contributed by atoms with Gasteiger partial charge in [0.25, 0.3) is 7.82 Å². The van der Waals surface area contributed by atoms with Crippen LogP contribution < -0.4 is 10.2 Å². The topological polar surface area (TPSA) is 108 Å². The molecule has 3 unspecified atom stereocenters. The number of aliphatic hydroxyl groups excluding tert-OH is 1. The summed E-state index contributed by atoms with van der Waals surface area (Å²) in [5, 5.41) is 13.8. The molecule has 0 aromatic heterocycles. The summed E-state index contributed by atoms with van der Waals surface area (Å²) in [7, 11) is 1.21. The number of unbranched alkanes of at least 4 members (excludes halogenated alkanes) is 13. The van der Waals surface area contributed by atoms with E-state index in [1.165, 1.54) is 57.8 Å². The van der Waals surface area contributed by atoms with Crippen molar-refractivity contribution in [1.29, 1.82) is 0 Å². The van der Waals surface area contributed by atoms with E-state index in [-0.39, 0.29) is 18.9 Å². The fourth-order valence-corrected chi connectivity index (χ4v) is 7.43. The Balaban J connectivity index is 4.34. The van der Waals surface area contributed by atoms with E-state index in [0.717, 1.165) is 96.3 Å². The standard InChI is InChI=1S/C59H99N2O6P/c1-6-8-10-12-14-16-18-20-21-22-23-24-25-26-27-28-29-30-31-32-33-34-35-36-37-38-39-41-43-45-47-49-51-53-59(63)60-57(56-67-68(64,65)66-55-54-61(3,4)5)58(62)52-50-48-46-44-42-40-19-17-15-13-11-9-7-2/h8,10,14,16,20-21,23-24,26-27,29-30,32-33,35-36,38-39,43,45,50,52,57-58,62H,6-7,9,11-13,15,17-19,22,25,28,31,34,37,40-42,44,46-49,51,53-56H2,1-5H3,(H-,60,63,64,65)/b10-8-,16-14-,21-20-,24-23-,27-26-,30-29-,33-32-,36-35-,39-38-,45-43-,52-50+. The molecule has 0 fully saturated rings. The molecule has 0 aromatic carbocycles. The Labute approximate surface area is 417 Å². The van der Waals surface area contributed by atoms with E-state index >= 15 is 0 Å². The van der Waals surface area contributed by atoms with Gasteiger partial charge in [0.1, 0.15) is 13.2 Å². The summed E-state index contributed by atoms with van der Waals surface area (Å²) in [5.41, 5.74) is 0. The maximum atomic E-state index is 12.9. The van der Waals surface area contributed by atoms with E-state index in [0.29, 0.717) is 17.4 Å². The summed E-state index contributed by atoms with van der Waals surface area (Å²) < 4.78 is 23.2. The number of rotatable bonds is 46. The van der Waals surface area contributed by atoms with Crippen molar-refractivity contribution in [2.75, 3.05) is 40.9 Å². The van der Waals surface area contributed by atoms with Crippen LogP contribution in [0.25, 0.3) is 0 Å². The minimum Gasteiger partial charge on any atom is -0.756 e. The van der Waals surface area contributed by atoms with Crippen LogP contribution in [-0.2, 0) is 18.4 Å². The summed E-state index contributed by atoms with van der Waals surface area (Å²) in [6, 6.07) is -0.919. The molecule has 1 amide bonds. The lowest BCUT2D eigenvalue weighted by molar-refractivity contribution is -0.870. The molecule has 0 heterocycles. The van der Waals surface area contributed by atoms with Crippen molar-refractivity contribution < 1.29 is 32.9 Å². The zero-order valence-corrected chi connectivity index (χ0v) is 44.6. The minimum atomic E-state index is -4.61. The van der Waals surface area contributed by atoms with Crippen LogP contribution >= 0.6 is 7.82 Å². The molecule has 8 nitrogen and oxygen atoms in total. The lowest BCUT2D eigenvalue weighted by atomic mass is 10.0. The SMILES string of the molecule is CC/C=C\C/C=C\C/C=C\C/C=C\C/C=C\C/C=C\C/C=C\C/C=C\C/C=C\C/C=C\CCCCC(=O)NC(COP(=O)([O-])OCC[N+](C)(C)C)C(O)/C=C/CCCCCCCCCCCCC. The van der Waals surface area contributed by atoms with Crippen LogP contribution in [0.5, 0.6) is 0 Å². The van der Waals surface area contributed by atoms with Gasteiger partial charge in [-0.2, -0.15) is 0 Å². The van der Waals surface area contributed by atoms with Crippen LogP contribution in [0.1, 0.15) is 181 Å². The fraction of sp³-hybridized carbons (Fsp3) is 0.610. The number of phosphoric acid groups is 1. The summed E-state index contributed by atoms with van der Waals surface area (Å²) in [5.74, 6) is -0.247. The van der Waals surface area contributed by atoms with Gasteiger partial charge in [-0.05, 0) is 96.3 Å².